The molecule has 2 nitrogen and oxygen atoms in total. The van der Waals surface area contributed by atoms with Crippen molar-refractivity contribution in [2.45, 2.75) is 25.1 Å². The van der Waals surface area contributed by atoms with E-state index >= 15 is 0 Å². The first-order chi connectivity index (χ1) is 8.25. The number of hydrogen-bond donors (Lipinski definition) is 1. The van der Waals surface area contributed by atoms with E-state index in [4.69, 9.17) is 0 Å². The Balaban J connectivity index is 2.52. The summed E-state index contributed by atoms with van der Waals surface area (Å²) in [6.07, 6.45) is -5.23. The van der Waals surface area contributed by atoms with Crippen molar-refractivity contribution in [2.24, 2.45) is 5.92 Å². The van der Waals surface area contributed by atoms with Crippen molar-refractivity contribution < 1.29 is 22.4 Å². The van der Waals surface area contributed by atoms with E-state index in [9.17, 15) is 22.4 Å². The highest BCUT2D eigenvalue weighted by Crippen LogP contribution is 2.46. The third-order valence-electron chi connectivity index (χ3n) is 3.31. The van der Waals surface area contributed by atoms with E-state index in [2.05, 4.69) is 5.32 Å². The van der Waals surface area contributed by atoms with E-state index in [0.29, 0.717) is 0 Å². The summed E-state index contributed by atoms with van der Waals surface area (Å²) in [4.78, 5) is 11.3. The van der Waals surface area contributed by atoms with Crippen LogP contribution in [0, 0.1) is 11.7 Å². The molecule has 1 aliphatic rings. The quantitative estimate of drug-likeness (QED) is 0.774. The van der Waals surface area contributed by atoms with Gasteiger partial charge in [-0.3, -0.25) is 4.79 Å². The molecule has 1 heterocycles. The van der Waals surface area contributed by atoms with Crippen LogP contribution >= 0.6 is 0 Å². The van der Waals surface area contributed by atoms with Crippen molar-refractivity contribution >= 4 is 5.91 Å². The minimum Gasteiger partial charge on any atom is -0.346 e. The predicted octanol–water partition coefficient (Wildman–Crippen LogP) is 2.74. The molecule has 0 aromatic heterocycles. The SMILES string of the molecule is C[C@]1(c2ccccc2F)NC(=O)C[C@H]1C(F)(F)F. The van der Waals surface area contributed by atoms with Crippen LogP contribution in [-0.2, 0) is 10.3 Å². The zero-order chi connectivity index (χ0) is 13.6. The van der Waals surface area contributed by atoms with Gasteiger partial charge in [0.15, 0.2) is 0 Å². The number of rotatable bonds is 1. The highest BCUT2D eigenvalue weighted by molar-refractivity contribution is 5.80. The number of amides is 1. The van der Waals surface area contributed by atoms with Crippen LogP contribution in [0.5, 0.6) is 0 Å². The van der Waals surface area contributed by atoms with Gasteiger partial charge in [-0.2, -0.15) is 13.2 Å². The summed E-state index contributed by atoms with van der Waals surface area (Å²) in [5, 5.41) is 2.25. The molecular formula is C12H11F4NO. The number of benzene rings is 1. The van der Waals surface area contributed by atoms with E-state index in [1.54, 1.807) is 0 Å². The Kier molecular flexibility index (Phi) is 2.83. The summed E-state index contributed by atoms with van der Waals surface area (Å²) < 4.78 is 52.5. The zero-order valence-corrected chi connectivity index (χ0v) is 9.51. The Labute approximate surface area is 101 Å². The monoisotopic (exact) mass is 261 g/mol. The molecule has 0 spiro atoms. The molecule has 98 valence electrons. The molecule has 6 heteroatoms. The van der Waals surface area contributed by atoms with Crippen molar-refractivity contribution in [1.29, 1.82) is 0 Å². The van der Waals surface area contributed by atoms with Gasteiger partial charge in [-0.1, -0.05) is 18.2 Å². The van der Waals surface area contributed by atoms with E-state index in [1.165, 1.54) is 25.1 Å². The van der Waals surface area contributed by atoms with Gasteiger partial charge in [0, 0.05) is 12.0 Å². The number of nitrogens with one attached hydrogen (secondary N) is 1. The molecular weight excluding hydrogens is 250 g/mol. The maximum absolute atomic E-state index is 13.7. The van der Waals surface area contributed by atoms with Gasteiger partial charge in [0.25, 0.3) is 0 Å². The van der Waals surface area contributed by atoms with Gasteiger partial charge < -0.3 is 5.32 Å². The molecule has 1 amide bonds. The maximum Gasteiger partial charge on any atom is 0.394 e. The van der Waals surface area contributed by atoms with Crippen LogP contribution in [-0.4, -0.2) is 12.1 Å². The molecule has 1 saturated heterocycles. The number of carbonyl (C=O) groups excluding carboxylic acids is 1. The lowest BCUT2D eigenvalue weighted by atomic mass is 9.80. The first-order valence-corrected chi connectivity index (χ1v) is 5.38. The van der Waals surface area contributed by atoms with Gasteiger partial charge in [0.05, 0.1) is 11.5 Å². The predicted molar refractivity (Wildman–Crippen MR) is 56.1 cm³/mol. The third kappa shape index (κ3) is 1.95. The summed E-state index contributed by atoms with van der Waals surface area (Å²) in [6, 6.07) is 5.18. The smallest absolute Gasteiger partial charge is 0.346 e. The highest BCUT2D eigenvalue weighted by Gasteiger charge is 2.58. The second-order valence-corrected chi connectivity index (χ2v) is 4.53. The molecule has 0 saturated carbocycles. The Morgan fingerprint density at radius 1 is 1.33 bits per heavy atom. The molecule has 0 radical (unpaired) electrons. The lowest BCUT2D eigenvalue weighted by Gasteiger charge is -2.33. The molecule has 1 fully saturated rings. The number of carbonyl (C=O) groups is 1. The highest BCUT2D eigenvalue weighted by atomic mass is 19.4. The van der Waals surface area contributed by atoms with E-state index in [1.807, 2.05) is 0 Å². The Morgan fingerprint density at radius 3 is 2.50 bits per heavy atom. The van der Waals surface area contributed by atoms with Gasteiger partial charge in [0.2, 0.25) is 5.91 Å². The summed E-state index contributed by atoms with van der Waals surface area (Å²) in [5.74, 6) is -3.39. The van der Waals surface area contributed by atoms with Crippen LogP contribution in [0.25, 0.3) is 0 Å². The minimum atomic E-state index is -4.56. The molecule has 18 heavy (non-hydrogen) atoms. The number of alkyl halides is 3. The van der Waals surface area contributed by atoms with Crippen molar-refractivity contribution in [2.75, 3.05) is 0 Å². The Morgan fingerprint density at radius 2 is 1.94 bits per heavy atom. The van der Waals surface area contributed by atoms with Crippen LogP contribution < -0.4 is 5.32 Å². The summed E-state index contributed by atoms with van der Waals surface area (Å²) >= 11 is 0. The maximum atomic E-state index is 13.7. The third-order valence-corrected chi connectivity index (χ3v) is 3.31. The normalized spacial score (nSPS) is 28.3. The van der Waals surface area contributed by atoms with E-state index < -0.39 is 35.8 Å². The molecule has 1 N–H and O–H groups in total. The molecule has 1 aliphatic heterocycles. The van der Waals surface area contributed by atoms with Gasteiger partial charge in [0.1, 0.15) is 5.82 Å². The fourth-order valence-corrected chi connectivity index (χ4v) is 2.40. The first kappa shape index (κ1) is 12.9. The standard InChI is InChI=1S/C12H11F4NO/c1-11(7-4-2-3-5-8(7)13)9(12(14,15)16)6-10(18)17-11/h2-5,9H,6H2,1H3,(H,17,18)/t9-,11-/m1/s1. The minimum absolute atomic E-state index is 0.141. The topological polar surface area (TPSA) is 29.1 Å². The lowest BCUT2D eigenvalue weighted by molar-refractivity contribution is -0.188. The van der Waals surface area contributed by atoms with Crippen molar-refractivity contribution in [3.63, 3.8) is 0 Å². The summed E-state index contributed by atoms with van der Waals surface area (Å²) in [7, 11) is 0. The van der Waals surface area contributed by atoms with Crippen LogP contribution in [0.15, 0.2) is 24.3 Å². The van der Waals surface area contributed by atoms with Crippen LogP contribution in [0.4, 0.5) is 17.6 Å². The largest absolute Gasteiger partial charge is 0.394 e. The molecule has 2 atom stereocenters. The lowest BCUT2D eigenvalue weighted by Crippen LogP contribution is -2.45. The average Bonchev–Trinajstić information content (AvgIpc) is 2.55. The second kappa shape index (κ2) is 3.96. The van der Waals surface area contributed by atoms with Crippen molar-refractivity contribution in [1.82, 2.24) is 5.32 Å². The zero-order valence-electron chi connectivity index (χ0n) is 9.51. The molecule has 0 bridgehead atoms. The van der Waals surface area contributed by atoms with E-state index in [-0.39, 0.29) is 5.56 Å². The molecule has 2 rings (SSSR count). The van der Waals surface area contributed by atoms with E-state index in [0.717, 1.165) is 6.07 Å². The number of hydrogen-bond acceptors (Lipinski definition) is 1. The fraction of sp³-hybridized carbons (Fsp3) is 0.417. The molecule has 1 aromatic carbocycles. The molecule has 0 aliphatic carbocycles. The average molecular weight is 261 g/mol. The summed E-state index contributed by atoms with van der Waals surface area (Å²) in [6.45, 7) is 1.20. The van der Waals surface area contributed by atoms with Crippen LogP contribution in [0.2, 0.25) is 0 Å². The molecule has 1 aromatic rings. The van der Waals surface area contributed by atoms with Crippen molar-refractivity contribution in [3.05, 3.63) is 35.6 Å². The summed E-state index contributed by atoms with van der Waals surface area (Å²) in [5.41, 5.74) is -1.89. The fourth-order valence-electron chi connectivity index (χ4n) is 2.40. The van der Waals surface area contributed by atoms with Gasteiger partial charge in [-0.05, 0) is 13.0 Å². The van der Waals surface area contributed by atoms with Crippen LogP contribution in [0.1, 0.15) is 18.9 Å². The Hall–Kier alpha value is -1.59. The first-order valence-electron chi connectivity index (χ1n) is 5.38. The van der Waals surface area contributed by atoms with Crippen LogP contribution in [0.3, 0.4) is 0 Å². The van der Waals surface area contributed by atoms with Gasteiger partial charge in [-0.25, -0.2) is 4.39 Å². The Bertz CT molecular complexity index is 485. The van der Waals surface area contributed by atoms with Crippen molar-refractivity contribution in [3.8, 4) is 0 Å². The second-order valence-electron chi connectivity index (χ2n) is 4.53. The van der Waals surface area contributed by atoms with Gasteiger partial charge >= 0.3 is 6.18 Å². The van der Waals surface area contributed by atoms with Gasteiger partial charge in [-0.15, -0.1) is 0 Å². The number of halogens is 4. The molecule has 0 unspecified atom stereocenters.